The van der Waals surface area contributed by atoms with Crippen LogP contribution in [0.15, 0.2) is 28.7 Å². The monoisotopic (exact) mass is 281 g/mol. The van der Waals surface area contributed by atoms with Crippen molar-refractivity contribution in [3.05, 3.63) is 38.6 Å². The van der Waals surface area contributed by atoms with Gasteiger partial charge in [0.2, 0.25) is 0 Å². The molecule has 1 aromatic heterocycles. The molecule has 0 amide bonds. The van der Waals surface area contributed by atoms with Gasteiger partial charge in [0.05, 0.1) is 10.7 Å². The van der Waals surface area contributed by atoms with Crippen LogP contribution in [0.25, 0.3) is 11.3 Å². The molecule has 0 spiro atoms. The van der Waals surface area contributed by atoms with Gasteiger partial charge in [-0.3, -0.25) is 0 Å². The number of hydrogen-bond donors (Lipinski definition) is 0. The Morgan fingerprint density at radius 1 is 1.27 bits per heavy atom. The van der Waals surface area contributed by atoms with Crippen molar-refractivity contribution in [1.29, 1.82) is 0 Å². The van der Waals surface area contributed by atoms with Crippen molar-refractivity contribution >= 4 is 27.3 Å². The number of benzene rings is 1. The molecule has 1 heterocycles. The third kappa shape index (κ3) is 2.29. The highest BCUT2D eigenvalue weighted by molar-refractivity contribution is 9.10. The van der Waals surface area contributed by atoms with Crippen LogP contribution in [0.2, 0.25) is 0 Å². The second-order valence-corrected chi connectivity index (χ2v) is 5.58. The first kappa shape index (κ1) is 10.8. The van der Waals surface area contributed by atoms with Gasteiger partial charge in [-0.1, -0.05) is 35.0 Å². The number of rotatable bonds is 2. The molecule has 2 rings (SSSR count). The van der Waals surface area contributed by atoms with E-state index >= 15 is 0 Å². The van der Waals surface area contributed by atoms with E-state index in [1.54, 1.807) is 11.3 Å². The third-order valence-corrected chi connectivity index (χ3v) is 3.90. The van der Waals surface area contributed by atoms with Gasteiger partial charge in [-0.2, -0.15) is 0 Å². The minimum absolute atomic E-state index is 1.02. The Morgan fingerprint density at radius 2 is 1.93 bits per heavy atom. The summed E-state index contributed by atoms with van der Waals surface area (Å²) in [6.45, 7) is 4.28. The van der Waals surface area contributed by atoms with Crippen LogP contribution in [0.4, 0.5) is 0 Å². The highest BCUT2D eigenvalue weighted by Crippen LogP contribution is 2.28. The first-order valence-electron chi connectivity index (χ1n) is 4.93. The molecule has 3 heteroatoms. The van der Waals surface area contributed by atoms with Crippen molar-refractivity contribution < 1.29 is 0 Å². The Labute approximate surface area is 102 Å². The third-order valence-electron chi connectivity index (χ3n) is 2.26. The van der Waals surface area contributed by atoms with E-state index in [1.165, 1.54) is 15.4 Å². The molecule has 1 nitrogen and oxygen atoms in total. The summed E-state index contributed by atoms with van der Waals surface area (Å²) in [7, 11) is 0. The largest absolute Gasteiger partial charge is 0.241 e. The summed E-state index contributed by atoms with van der Waals surface area (Å²) in [5.41, 5.74) is 2.33. The zero-order valence-corrected chi connectivity index (χ0v) is 11.2. The molecule has 0 saturated carbocycles. The average molecular weight is 282 g/mol. The van der Waals surface area contributed by atoms with Gasteiger partial charge in [0.15, 0.2) is 0 Å². The fourth-order valence-electron chi connectivity index (χ4n) is 1.48. The van der Waals surface area contributed by atoms with Crippen molar-refractivity contribution in [2.24, 2.45) is 0 Å². The Morgan fingerprint density at radius 3 is 2.47 bits per heavy atom. The van der Waals surface area contributed by atoms with Crippen molar-refractivity contribution in [1.82, 2.24) is 4.98 Å². The molecule has 78 valence electrons. The molecule has 15 heavy (non-hydrogen) atoms. The molecule has 0 aliphatic carbocycles. The van der Waals surface area contributed by atoms with Crippen LogP contribution in [-0.2, 0) is 6.42 Å². The van der Waals surface area contributed by atoms with Crippen LogP contribution >= 0.6 is 27.3 Å². The van der Waals surface area contributed by atoms with Crippen molar-refractivity contribution in [3.63, 3.8) is 0 Å². The topological polar surface area (TPSA) is 12.9 Å². The predicted molar refractivity (Wildman–Crippen MR) is 69.4 cm³/mol. The Kier molecular flexibility index (Phi) is 3.22. The van der Waals surface area contributed by atoms with Crippen LogP contribution in [0.1, 0.15) is 16.8 Å². The van der Waals surface area contributed by atoms with Crippen LogP contribution < -0.4 is 0 Å². The average Bonchev–Trinajstić information content (AvgIpc) is 2.61. The summed E-state index contributed by atoms with van der Waals surface area (Å²) in [5.74, 6) is 0. The highest BCUT2D eigenvalue weighted by atomic mass is 79.9. The second kappa shape index (κ2) is 4.45. The molecule has 0 bridgehead atoms. The lowest BCUT2D eigenvalue weighted by atomic mass is 10.1. The lowest BCUT2D eigenvalue weighted by Gasteiger charge is -1.98. The van der Waals surface area contributed by atoms with Gasteiger partial charge in [0.25, 0.3) is 0 Å². The Hall–Kier alpha value is -0.670. The van der Waals surface area contributed by atoms with Crippen LogP contribution in [0, 0.1) is 6.92 Å². The van der Waals surface area contributed by atoms with Crippen LogP contribution in [-0.4, -0.2) is 4.98 Å². The minimum Gasteiger partial charge on any atom is -0.241 e. The lowest BCUT2D eigenvalue weighted by Crippen LogP contribution is -1.81. The molecule has 0 aliphatic rings. The van der Waals surface area contributed by atoms with Gasteiger partial charge in [0.1, 0.15) is 0 Å². The van der Waals surface area contributed by atoms with Gasteiger partial charge in [0, 0.05) is 14.9 Å². The Bertz CT molecular complexity index is 459. The summed E-state index contributed by atoms with van der Waals surface area (Å²) < 4.78 is 1.11. The maximum absolute atomic E-state index is 4.63. The van der Waals surface area contributed by atoms with E-state index in [1.807, 2.05) is 0 Å². The van der Waals surface area contributed by atoms with E-state index in [-0.39, 0.29) is 0 Å². The smallest absolute Gasteiger partial charge is 0.0932 e. The van der Waals surface area contributed by atoms with Gasteiger partial charge >= 0.3 is 0 Å². The lowest BCUT2D eigenvalue weighted by molar-refractivity contribution is 1.09. The fourth-order valence-corrected chi connectivity index (χ4v) is 2.64. The molecule has 0 aliphatic heterocycles. The molecule has 0 unspecified atom stereocenters. The number of hydrogen-bond acceptors (Lipinski definition) is 2. The van der Waals surface area contributed by atoms with E-state index in [2.05, 4.69) is 59.0 Å². The van der Waals surface area contributed by atoms with Crippen molar-refractivity contribution in [2.45, 2.75) is 20.3 Å². The van der Waals surface area contributed by atoms with Crippen LogP contribution in [0.5, 0.6) is 0 Å². The number of nitrogens with zero attached hydrogens (tertiary/aromatic N) is 1. The molecule has 0 radical (unpaired) electrons. The first-order chi connectivity index (χ1) is 7.20. The maximum atomic E-state index is 4.63. The maximum Gasteiger partial charge on any atom is 0.0932 e. The van der Waals surface area contributed by atoms with E-state index in [0.717, 1.165) is 16.6 Å². The zero-order valence-electron chi connectivity index (χ0n) is 8.75. The summed E-state index contributed by atoms with van der Waals surface area (Å²) in [6.07, 6.45) is 1.02. The summed E-state index contributed by atoms with van der Waals surface area (Å²) in [5, 5.41) is 1.21. The number of aryl methyl sites for hydroxylation is 2. The number of aromatic nitrogens is 1. The molecule has 2 aromatic rings. The molecule has 0 fully saturated rings. The van der Waals surface area contributed by atoms with Crippen LogP contribution in [0.3, 0.4) is 0 Å². The van der Waals surface area contributed by atoms with Gasteiger partial charge < -0.3 is 0 Å². The van der Waals surface area contributed by atoms with E-state index in [0.29, 0.717) is 0 Å². The quantitative estimate of drug-likeness (QED) is 0.793. The summed E-state index contributed by atoms with van der Waals surface area (Å²) in [6, 6.07) is 8.32. The van der Waals surface area contributed by atoms with Crippen molar-refractivity contribution in [2.75, 3.05) is 0 Å². The molecular weight excluding hydrogens is 270 g/mol. The molecule has 0 N–H and O–H groups in total. The Balaban J connectivity index is 2.44. The number of thiazole rings is 1. The van der Waals surface area contributed by atoms with Gasteiger partial charge in [-0.25, -0.2) is 4.98 Å². The standard InChI is InChI=1S/C12H12BrNS/c1-3-11-14-12(8(2)15-11)9-4-6-10(13)7-5-9/h4-7H,3H2,1-2H3. The minimum atomic E-state index is 1.02. The van der Waals surface area contributed by atoms with E-state index in [4.69, 9.17) is 0 Å². The summed E-state index contributed by atoms with van der Waals surface area (Å²) >= 11 is 5.23. The van der Waals surface area contributed by atoms with Gasteiger partial charge in [-0.15, -0.1) is 11.3 Å². The zero-order chi connectivity index (χ0) is 10.8. The SMILES string of the molecule is CCc1nc(-c2ccc(Br)cc2)c(C)s1. The van der Waals surface area contributed by atoms with Gasteiger partial charge in [-0.05, 0) is 25.5 Å². The van der Waals surface area contributed by atoms with E-state index < -0.39 is 0 Å². The van der Waals surface area contributed by atoms with E-state index in [9.17, 15) is 0 Å². The normalized spacial score (nSPS) is 10.6. The number of halogens is 1. The van der Waals surface area contributed by atoms with Crippen molar-refractivity contribution in [3.8, 4) is 11.3 Å². The highest BCUT2D eigenvalue weighted by Gasteiger charge is 2.08. The summed E-state index contributed by atoms with van der Waals surface area (Å²) in [4.78, 5) is 5.93. The molecular formula is C12H12BrNS. The molecule has 0 atom stereocenters. The fraction of sp³-hybridized carbons (Fsp3) is 0.250. The predicted octanol–water partition coefficient (Wildman–Crippen LogP) is 4.44. The first-order valence-corrected chi connectivity index (χ1v) is 6.54. The molecule has 0 saturated heterocycles. The second-order valence-electron chi connectivity index (χ2n) is 3.37. The molecule has 1 aromatic carbocycles.